The number of phenolic OH excluding ortho intramolecular Hbond substituents is 1. The zero-order valence-electron chi connectivity index (χ0n) is 19.1. The highest BCUT2D eigenvalue weighted by Crippen LogP contribution is 2.26. The molecule has 1 aliphatic rings. The van der Waals surface area contributed by atoms with Gasteiger partial charge in [-0.25, -0.2) is 9.78 Å². The van der Waals surface area contributed by atoms with Gasteiger partial charge in [0.1, 0.15) is 35.7 Å². The molecule has 0 radical (unpaired) electrons. The lowest BCUT2D eigenvalue weighted by Crippen LogP contribution is -2.44. The average Bonchev–Trinajstić information content (AvgIpc) is 3.20. The van der Waals surface area contributed by atoms with Crippen LogP contribution in [-0.4, -0.2) is 40.4 Å². The van der Waals surface area contributed by atoms with Crippen molar-refractivity contribution < 1.29 is 24.3 Å². The molecule has 0 fully saturated rings. The summed E-state index contributed by atoms with van der Waals surface area (Å²) in [5.41, 5.74) is 4.40. The second kappa shape index (κ2) is 9.95. The molecule has 1 aromatic heterocycles. The smallest absolute Gasteiger partial charge is 0.359 e. The Labute approximate surface area is 203 Å². The minimum atomic E-state index is -0.430. The lowest BCUT2D eigenvalue weighted by atomic mass is 10.1. The molecule has 1 atom stereocenters. The quantitative estimate of drug-likeness (QED) is 0.343. The van der Waals surface area contributed by atoms with Crippen LogP contribution in [0.25, 0.3) is 11.3 Å². The van der Waals surface area contributed by atoms with E-state index in [-0.39, 0.29) is 24.9 Å². The van der Waals surface area contributed by atoms with Crippen molar-refractivity contribution in [1.29, 1.82) is 0 Å². The first kappa shape index (κ1) is 22.6. The molecule has 7 heteroatoms. The summed E-state index contributed by atoms with van der Waals surface area (Å²) in [6.45, 7) is 0.185. The molecule has 0 aliphatic carbocycles. The molecule has 4 aromatic rings. The fourth-order valence-corrected chi connectivity index (χ4v) is 4.22. The van der Waals surface area contributed by atoms with Crippen LogP contribution in [0.15, 0.2) is 85.1 Å². The van der Waals surface area contributed by atoms with Crippen LogP contribution in [0.1, 0.15) is 21.6 Å². The number of nitrogens with zero attached hydrogens (tertiary/aromatic N) is 2. The number of aliphatic hydroxyl groups excluding tert-OH is 1. The molecule has 35 heavy (non-hydrogen) atoms. The topological polar surface area (TPSA) is 95.6 Å². The normalized spacial score (nSPS) is 14.4. The first-order valence-corrected chi connectivity index (χ1v) is 11.5. The third kappa shape index (κ3) is 5.00. The Hall–Kier alpha value is -4.23. The third-order valence-electron chi connectivity index (χ3n) is 5.97. The van der Waals surface area contributed by atoms with Gasteiger partial charge in [-0.05, 0) is 47.5 Å². The van der Waals surface area contributed by atoms with Crippen molar-refractivity contribution in [3.05, 3.63) is 102 Å². The number of rotatable bonds is 8. The fourth-order valence-electron chi connectivity index (χ4n) is 4.22. The van der Waals surface area contributed by atoms with E-state index < -0.39 is 6.04 Å². The number of phenols is 1. The monoisotopic (exact) mass is 468 g/mol. The highest BCUT2D eigenvalue weighted by molar-refractivity contribution is 5.82. The summed E-state index contributed by atoms with van der Waals surface area (Å²) < 4.78 is 7.13. The summed E-state index contributed by atoms with van der Waals surface area (Å²) in [4.78, 5) is 18.3. The molecule has 0 bridgehead atoms. The molecule has 3 N–H and O–H groups in total. The first-order valence-electron chi connectivity index (χ1n) is 11.5. The van der Waals surface area contributed by atoms with Gasteiger partial charge in [-0.1, -0.05) is 42.5 Å². The van der Waals surface area contributed by atoms with Crippen LogP contribution in [0.4, 0.5) is 5.82 Å². The molecule has 1 aliphatic heterocycles. The predicted octanol–water partition coefficient (Wildman–Crippen LogP) is 3.38. The first-order chi connectivity index (χ1) is 17.1. The van der Waals surface area contributed by atoms with Gasteiger partial charge in [0.2, 0.25) is 0 Å². The number of carbonyl (C=O) groups excluding carboxylic acids is 1. The van der Waals surface area contributed by atoms with E-state index in [1.807, 2.05) is 66.7 Å². The minimum Gasteiger partial charge on any atom is -0.508 e. The number of hydrogen-bond donors (Lipinski definition) is 3. The van der Waals surface area contributed by atoms with Gasteiger partial charge in [-0.2, -0.15) is 4.57 Å². The zero-order chi connectivity index (χ0) is 24.2. The minimum absolute atomic E-state index is 0.0473. The Morgan fingerprint density at radius 1 is 0.943 bits per heavy atom. The van der Waals surface area contributed by atoms with Crippen molar-refractivity contribution in [2.24, 2.45) is 0 Å². The molecular weight excluding hydrogens is 442 g/mol. The number of nitrogens with one attached hydrogen (secondary N) is 1. The molecule has 7 nitrogen and oxygen atoms in total. The van der Waals surface area contributed by atoms with E-state index in [2.05, 4.69) is 5.32 Å². The lowest BCUT2D eigenvalue weighted by molar-refractivity contribution is -0.552. The number of aromatic hydroxyl groups is 1. The van der Waals surface area contributed by atoms with Crippen LogP contribution >= 0.6 is 0 Å². The van der Waals surface area contributed by atoms with Crippen LogP contribution in [0.3, 0.4) is 0 Å². The third-order valence-corrected chi connectivity index (χ3v) is 5.97. The van der Waals surface area contributed by atoms with Gasteiger partial charge in [0.25, 0.3) is 0 Å². The summed E-state index contributed by atoms with van der Waals surface area (Å²) in [6, 6.07) is 24.0. The highest BCUT2D eigenvalue weighted by atomic mass is 16.5. The molecule has 3 aromatic carbocycles. The lowest BCUT2D eigenvalue weighted by Gasteiger charge is -2.08. The number of fused-ring (bicyclic) bond motifs is 1. The van der Waals surface area contributed by atoms with E-state index in [4.69, 9.17) is 14.8 Å². The molecule has 5 rings (SSSR count). The van der Waals surface area contributed by atoms with Crippen molar-refractivity contribution in [1.82, 2.24) is 4.98 Å². The molecule has 0 saturated heterocycles. The summed E-state index contributed by atoms with van der Waals surface area (Å²) in [7, 11) is 0. The van der Waals surface area contributed by atoms with Gasteiger partial charge in [0.05, 0.1) is 6.61 Å². The number of aliphatic hydroxyl groups is 1. The maximum absolute atomic E-state index is 13.4. The second-order valence-electron chi connectivity index (χ2n) is 8.46. The van der Waals surface area contributed by atoms with Crippen LogP contribution in [0.2, 0.25) is 0 Å². The molecular formula is C28H26N3O4+. The van der Waals surface area contributed by atoms with Crippen molar-refractivity contribution in [2.45, 2.75) is 18.9 Å². The van der Waals surface area contributed by atoms with E-state index in [0.717, 1.165) is 22.4 Å². The van der Waals surface area contributed by atoms with Crippen molar-refractivity contribution in [2.75, 3.05) is 18.5 Å². The fraction of sp³-hybridized carbons (Fsp3) is 0.179. The van der Waals surface area contributed by atoms with E-state index in [9.17, 15) is 9.90 Å². The van der Waals surface area contributed by atoms with Gasteiger partial charge in [-0.15, -0.1) is 0 Å². The average molecular weight is 469 g/mol. The summed E-state index contributed by atoms with van der Waals surface area (Å²) in [6.07, 6.45) is 2.85. The summed E-state index contributed by atoms with van der Waals surface area (Å²) in [5.74, 6) is 1.51. The Bertz CT molecular complexity index is 1320. The largest absolute Gasteiger partial charge is 0.508 e. The molecule has 0 amide bonds. The van der Waals surface area contributed by atoms with E-state index >= 15 is 0 Å². The van der Waals surface area contributed by atoms with Gasteiger partial charge in [-0.3, -0.25) is 5.32 Å². The Morgan fingerprint density at radius 3 is 2.40 bits per heavy atom. The van der Waals surface area contributed by atoms with Crippen LogP contribution in [0, 0.1) is 0 Å². The number of aromatic nitrogens is 2. The molecule has 2 heterocycles. The van der Waals surface area contributed by atoms with E-state index in [1.165, 1.54) is 0 Å². The van der Waals surface area contributed by atoms with Crippen LogP contribution in [-0.2, 0) is 12.8 Å². The Balaban J connectivity index is 1.49. The van der Waals surface area contributed by atoms with Crippen molar-refractivity contribution in [3.8, 4) is 22.8 Å². The Morgan fingerprint density at radius 2 is 1.69 bits per heavy atom. The molecule has 1 unspecified atom stereocenters. The number of anilines is 1. The number of benzene rings is 3. The number of carbonyl (C=O) groups is 1. The maximum atomic E-state index is 13.4. The SMILES string of the molecule is O=C1C(Cc2ccc(O)cc2)Nc2c(Cc3ccccc3)nc(-c3ccc(OCCO)cc3)c[n+]21. The van der Waals surface area contributed by atoms with Gasteiger partial charge in [0.15, 0.2) is 6.04 Å². The number of ether oxygens (including phenoxy) is 1. The Kier molecular flexibility index (Phi) is 6.41. The van der Waals surface area contributed by atoms with Crippen LogP contribution in [0.5, 0.6) is 11.5 Å². The predicted molar refractivity (Wildman–Crippen MR) is 132 cm³/mol. The molecule has 0 saturated carbocycles. The molecule has 176 valence electrons. The van der Waals surface area contributed by atoms with E-state index in [1.54, 1.807) is 22.9 Å². The summed E-state index contributed by atoms with van der Waals surface area (Å²) >= 11 is 0. The standard InChI is InChI=1S/C28H25N3O4/c32-14-15-35-23-12-8-21(9-13-23)26-18-31-27(24(29-26)16-19-4-2-1-3-5-19)30-25(28(31)34)17-20-6-10-22(33)11-7-20/h1-13,18,25,32-33H,14-17H2/p+1. The summed E-state index contributed by atoms with van der Waals surface area (Å²) in [5, 5.41) is 21.9. The van der Waals surface area contributed by atoms with Crippen molar-refractivity contribution in [3.63, 3.8) is 0 Å². The van der Waals surface area contributed by atoms with Gasteiger partial charge in [0, 0.05) is 18.4 Å². The second-order valence-corrected chi connectivity index (χ2v) is 8.46. The maximum Gasteiger partial charge on any atom is 0.359 e. The zero-order valence-corrected chi connectivity index (χ0v) is 19.1. The highest BCUT2D eigenvalue weighted by Gasteiger charge is 2.41. The van der Waals surface area contributed by atoms with Crippen LogP contribution < -0.4 is 14.6 Å². The van der Waals surface area contributed by atoms with Gasteiger partial charge >= 0.3 is 11.7 Å². The molecule has 0 spiro atoms. The van der Waals surface area contributed by atoms with Crippen molar-refractivity contribution >= 4 is 11.7 Å². The number of hydrogen-bond acceptors (Lipinski definition) is 6. The van der Waals surface area contributed by atoms with Gasteiger partial charge < -0.3 is 14.9 Å². The van der Waals surface area contributed by atoms with E-state index in [0.29, 0.717) is 30.1 Å².